The molecule has 0 fully saturated rings. The van der Waals surface area contributed by atoms with Gasteiger partial charge in [-0.15, -0.1) is 5.10 Å². The minimum absolute atomic E-state index is 0.0651. The van der Waals surface area contributed by atoms with Gasteiger partial charge < -0.3 is 5.32 Å². The molecule has 0 amide bonds. The summed E-state index contributed by atoms with van der Waals surface area (Å²) in [5.74, 6) is -0.397. The highest BCUT2D eigenvalue weighted by molar-refractivity contribution is 7.03. The van der Waals surface area contributed by atoms with Gasteiger partial charge in [0.2, 0.25) is 0 Å². The van der Waals surface area contributed by atoms with Crippen molar-refractivity contribution in [3.05, 3.63) is 45.7 Å². The van der Waals surface area contributed by atoms with Crippen molar-refractivity contribution in [3.8, 4) is 0 Å². The molecule has 2 rings (SSSR count). The van der Waals surface area contributed by atoms with Gasteiger partial charge in [-0.2, -0.15) is 0 Å². The van der Waals surface area contributed by atoms with Crippen molar-refractivity contribution in [2.45, 2.75) is 12.5 Å². The van der Waals surface area contributed by atoms with Crippen LogP contribution in [0.15, 0.2) is 23.6 Å². The second-order valence-electron chi connectivity index (χ2n) is 3.62. The third-order valence-electron chi connectivity index (χ3n) is 2.51. The van der Waals surface area contributed by atoms with Gasteiger partial charge in [0, 0.05) is 5.38 Å². The normalized spacial score (nSPS) is 12.6. The molecule has 1 unspecified atom stereocenters. The molecule has 1 atom stereocenters. The molecule has 1 N–H and O–H groups in total. The predicted octanol–water partition coefficient (Wildman–Crippen LogP) is 2.83. The number of benzene rings is 1. The Morgan fingerprint density at radius 1 is 1.53 bits per heavy atom. The lowest BCUT2D eigenvalue weighted by molar-refractivity contribution is 0.572. The minimum atomic E-state index is -0.397. The Morgan fingerprint density at radius 2 is 2.35 bits per heavy atom. The topological polar surface area (TPSA) is 37.8 Å². The van der Waals surface area contributed by atoms with E-state index in [9.17, 15) is 4.39 Å². The SMILES string of the molecule is CNC(Cc1ccc(F)c(Cl)c1)c1csnn1. The fourth-order valence-corrected chi connectivity index (χ4v) is 2.29. The maximum absolute atomic E-state index is 13.0. The van der Waals surface area contributed by atoms with Gasteiger partial charge in [-0.3, -0.25) is 0 Å². The summed E-state index contributed by atoms with van der Waals surface area (Å²) < 4.78 is 16.9. The third kappa shape index (κ3) is 3.00. The molecule has 1 aromatic heterocycles. The van der Waals surface area contributed by atoms with Crippen LogP contribution in [0.2, 0.25) is 5.02 Å². The van der Waals surface area contributed by atoms with E-state index in [2.05, 4.69) is 14.9 Å². The number of nitrogens with one attached hydrogen (secondary N) is 1. The number of halogens is 2. The summed E-state index contributed by atoms with van der Waals surface area (Å²) in [5, 5.41) is 9.22. The quantitative estimate of drug-likeness (QED) is 0.929. The average Bonchev–Trinajstić information content (AvgIpc) is 2.84. The van der Waals surface area contributed by atoms with Crippen molar-refractivity contribution in [2.75, 3.05) is 7.05 Å². The molecule has 0 aliphatic heterocycles. The molecule has 0 radical (unpaired) electrons. The predicted molar refractivity (Wildman–Crippen MR) is 66.8 cm³/mol. The first-order valence-corrected chi connectivity index (χ1v) is 6.30. The Morgan fingerprint density at radius 3 is 2.94 bits per heavy atom. The molecule has 6 heteroatoms. The van der Waals surface area contributed by atoms with Gasteiger partial charge in [0.25, 0.3) is 0 Å². The highest BCUT2D eigenvalue weighted by atomic mass is 35.5. The van der Waals surface area contributed by atoms with Gasteiger partial charge in [0.1, 0.15) is 5.82 Å². The van der Waals surface area contributed by atoms with E-state index in [1.165, 1.54) is 17.6 Å². The molecular weight excluding hydrogens is 261 g/mol. The first-order chi connectivity index (χ1) is 8.20. The summed E-state index contributed by atoms with van der Waals surface area (Å²) in [6, 6.07) is 4.81. The monoisotopic (exact) mass is 271 g/mol. The van der Waals surface area contributed by atoms with Crippen LogP contribution in [0, 0.1) is 5.82 Å². The first kappa shape index (κ1) is 12.4. The Bertz CT molecular complexity index is 489. The molecule has 0 saturated carbocycles. The van der Waals surface area contributed by atoms with E-state index in [-0.39, 0.29) is 11.1 Å². The van der Waals surface area contributed by atoms with Crippen molar-refractivity contribution in [2.24, 2.45) is 0 Å². The van der Waals surface area contributed by atoms with Crippen molar-refractivity contribution in [3.63, 3.8) is 0 Å². The first-order valence-electron chi connectivity index (χ1n) is 5.09. The van der Waals surface area contributed by atoms with E-state index in [0.717, 1.165) is 11.3 Å². The molecule has 1 aromatic carbocycles. The summed E-state index contributed by atoms with van der Waals surface area (Å²) in [4.78, 5) is 0. The number of likely N-dealkylation sites (N-methyl/N-ethyl adjacent to an activating group) is 1. The highest BCUT2D eigenvalue weighted by Crippen LogP contribution is 2.21. The van der Waals surface area contributed by atoms with Gasteiger partial charge >= 0.3 is 0 Å². The van der Waals surface area contributed by atoms with Crippen LogP contribution in [0.4, 0.5) is 4.39 Å². The lowest BCUT2D eigenvalue weighted by Gasteiger charge is -2.13. The number of hydrogen-bond donors (Lipinski definition) is 1. The Balaban J connectivity index is 2.16. The van der Waals surface area contributed by atoms with Gasteiger partial charge in [-0.05, 0) is 42.7 Å². The number of rotatable bonds is 4. The Hall–Kier alpha value is -1.04. The van der Waals surface area contributed by atoms with Crippen molar-refractivity contribution < 1.29 is 4.39 Å². The highest BCUT2D eigenvalue weighted by Gasteiger charge is 2.13. The van der Waals surface area contributed by atoms with E-state index in [1.54, 1.807) is 12.1 Å². The zero-order valence-corrected chi connectivity index (χ0v) is 10.7. The second-order valence-corrected chi connectivity index (χ2v) is 4.64. The Labute approximate surface area is 108 Å². The molecule has 0 saturated heterocycles. The van der Waals surface area contributed by atoms with Gasteiger partial charge in [-0.1, -0.05) is 22.2 Å². The summed E-state index contributed by atoms with van der Waals surface area (Å²) in [5.41, 5.74) is 1.85. The fraction of sp³-hybridized carbons (Fsp3) is 0.273. The summed E-state index contributed by atoms with van der Waals surface area (Å²) in [6.45, 7) is 0. The third-order valence-corrected chi connectivity index (χ3v) is 3.32. The van der Waals surface area contributed by atoms with Crippen LogP contribution < -0.4 is 5.32 Å². The number of aromatic nitrogens is 2. The van der Waals surface area contributed by atoms with Crippen LogP contribution in [0.1, 0.15) is 17.3 Å². The van der Waals surface area contributed by atoms with Crippen LogP contribution >= 0.6 is 23.1 Å². The van der Waals surface area contributed by atoms with E-state index >= 15 is 0 Å². The number of hydrogen-bond acceptors (Lipinski definition) is 4. The molecule has 90 valence electrons. The van der Waals surface area contributed by atoms with Gasteiger partial charge in [0.15, 0.2) is 0 Å². The van der Waals surface area contributed by atoms with Crippen LogP contribution in [-0.2, 0) is 6.42 Å². The maximum Gasteiger partial charge on any atom is 0.141 e. The molecule has 0 bridgehead atoms. The molecule has 0 spiro atoms. The Kier molecular flexibility index (Phi) is 4.04. The fourth-order valence-electron chi connectivity index (χ4n) is 1.58. The van der Waals surface area contributed by atoms with Crippen LogP contribution in [0.5, 0.6) is 0 Å². The van der Waals surface area contributed by atoms with E-state index in [4.69, 9.17) is 11.6 Å². The van der Waals surface area contributed by atoms with E-state index < -0.39 is 5.82 Å². The van der Waals surface area contributed by atoms with E-state index in [0.29, 0.717) is 6.42 Å². The van der Waals surface area contributed by atoms with Crippen molar-refractivity contribution in [1.82, 2.24) is 14.9 Å². The maximum atomic E-state index is 13.0. The number of nitrogens with zero attached hydrogens (tertiary/aromatic N) is 2. The molecular formula is C11H11ClFN3S. The van der Waals surface area contributed by atoms with Crippen molar-refractivity contribution in [1.29, 1.82) is 0 Å². The smallest absolute Gasteiger partial charge is 0.141 e. The largest absolute Gasteiger partial charge is 0.311 e. The second kappa shape index (κ2) is 5.53. The molecule has 2 aromatic rings. The average molecular weight is 272 g/mol. The molecule has 0 aliphatic carbocycles. The zero-order valence-electron chi connectivity index (χ0n) is 9.15. The van der Waals surface area contributed by atoms with Crippen LogP contribution in [0.25, 0.3) is 0 Å². The van der Waals surface area contributed by atoms with Crippen LogP contribution in [0.3, 0.4) is 0 Å². The van der Waals surface area contributed by atoms with Gasteiger partial charge in [-0.25, -0.2) is 4.39 Å². The summed E-state index contributed by atoms with van der Waals surface area (Å²) in [7, 11) is 1.86. The summed E-state index contributed by atoms with van der Waals surface area (Å²) in [6.07, 6.45) is 0.696. The molecule has 17 heavy (non-hydrogen) atoms. The molecule has 1 heterocycles. The van der Waals surface area contributed by atoms with E-state index in [1.807, 2.05) is 12.4 Å². The summed E-state index contributed by atoms with van der Waals surface area (Å²) >= 11 is 7.06. The van der Waals surface area contributed by atoms with Crippen molar-refractivity contribution >= 4 is 23.1 Å². The molecule has 0 aliphatic rings. The standard InChI is InChI=1S/C11H11ClFN3S/c1-14-10(11-6-17-16-15-11)5-7-2-3-9(13)8(12)4-7/h2-4,6,10,14H,5H2,1H3. The molecule has 3 nitrogen and oxygen atoms in total. The zero-order chi connectivity index (χ0) is 12.3. The van der Waals surface area contributed by atoms with Crippen LogP contribution in [-0.4, -0.2) is 16.6 Å². The lowest BCUT2D eigenvalue weighted by atomic mass is 10.0. The van der Waals surface area contributed by atoms with Gasteiger partial charge in [0.05, 0.1) is 16.8 Å². The lowest BCUT2D eigenvalue weighted by Crippen LogP contribution is -2.19. The minimum Gasteiger partial charge on any atom is -0.311 e.